The molecule has 0 heterocycles. The SMILES string of the molecule is COc1cccc(CN(C(=O)CN(c2cccc([N+](=O)[O-])c2)S(C)(=O)=O)[C@@H](Cc2ccccc2)C(=O)NC(C)(C)C)c1. The minimum atomic E-state index is -4.06. The Balaban J connectivity index is 2.11. The Labute approximate surface area is 246 Å². The maximum Gasteiger partial charge on any atom is 0.271 e. The molecule has 0 bridgehead atoms. The van der Waals surface area contributed by atoms with Crippen molar-refractivity contribution in [2.45, 2.75) is 45.3 Å². The van der Waals surface area contributed by atoms with Gasteiger partial charge in [0, 0.05) is 30.6 Å². The van der Waals surface area contributed by atoms with Gasteiger partial charge in [0.2, 0.25) is 21.8 Å². The largest absolute Gasteiger partial charge is 0.497 e. The fraction of sp³-hybridized carbons (Fsp3) is 0.333. The molecule has 42 heavy (non-hydrogen) atoms. The van der Waals surface area contributed by atoms with Crippen molar-refractivity contribution in [2.75, 3.05) is 24.2 Å². The van der Waals surface area contributed by atoms with E-state index in [2.05, 4.69) is 5.32 Å². The van der Waals surface area contributed by atoms with Crippen LogP contribution >= 0.6 is 0 Å². The molecule has 12 heteroatoms. The number of amides is 2. The highest BCUT2D eigenvalue weighted by Gasteiger charge is 2.34. The summed E-state index contributed by atoms with van der Waals surface area (Å²) in [7, 11) is -2.55. The van der Waals surface area contributed by atoms with E-state index >= 15 is 0 Å². The molecule has 3 aromatic carbocycles. The number of nitro groups is 1. The molecule has 0 radical (unpaired) electrons. The number of rotatable bonds is 12. The van der Waals surface area contributed by atoms with Crippen molar-refractivity contribution in [3.63, 3.8) is 0 Å². The van der Waals surface area contributed by atoms with Crippen molar-refractivity contribution in [2.24, 2.45) is 0 Å². The zero-order valence-corrected chi connectivity index (χ0v) is 25.1. The number of benzene rings is 3. The van der Waals surface area contributed by atoms with Crippen LogP contribution in [0.5, 0.6) is 5.75 Å². The number of nitro benzene ring substituents is 1. The zero-order chi connectivity index (χ0) is 31.1. The first-order chi connectivity index (χ1) is 19.7. The van der Waals surface area contributed by atoms with Gasteiger partial charge in [-0.2, -0.15) is 0 Å². The van der Waals surface area contributed by atoms with Crippen LogP contribution in [0, 0.1) is 10.1 Å². The fourth-order valence-corrected chi connectivity index (χ4v) is 5.19. The van der Waals surface area contributed by atoms with Crippen LogP contribution in [-0.4, -0.2) is 61.5 Å². The minimum Gasteiger partial charge on any atom is -0.497 e. The van der Waals surface area contributed by atoms with E-state index in [4.69, 9.17) is 4.74 Å². The van der Waals surface area contributed by atoms with Gasteiger partial charge in [-0.05, 0) is 50.1 Å². The van der Waals surface area contributed by atoms with E-state index in [1.165, 1.54) is 30.2 Å². The van der Waals surface area contributed by atoms with Gasteiger partial charge in [0.1, 0.15) is 18.3 Å². The average Bonchev–Trinajstić information content (AvgIpc) is 2.92. The topological polar surface area (TPSA) is 139 Å². The van der Waals surface area contributed by atoms with Crippen LogP contribution in [0.1, 0.15) is 31.9 Å². The van der Waals surface area contributed by atoms with E-state index in [-0.39, 0.29) is 24.3 Å². The third-order valence-corrected chi connectivity index (χ3v) is 7.40. The number of carbonyl (C=O) groups excluding carboxylic acids is 2. The second-order valence-corrected chi connectivity index (χ2v) is 12.8. The lowest BCUT2D eigenvalue weighted by Gasteiger charge is -2.35. The van der Waals surface area contributed by atoms with Crippen molar-refractivity contribution in [1.82, 2.24) is 10.2 Å². The second-order valence-electron chi connectivity index (χ2n) is 10.9. The molecule has 0 spiro atoms. The Morgan fingerprint density at radius 1 is 0.976 bits per heavy atom. The van der Waals surface area contributed by atoms with E-state index in [0.29, 0.717) is 11.3 Å². The number of non-ortho nitro benzene ring substituents is 1. The van der Waals surface area contributed by atoms with Crippen LogP contribution in [-0.2, 0) is 32.6 Å². The first-order valence-electron chi connectivity index (χ1n) is 13.2. The summed E-state index contributed by atoms with van der Waals surface area (Å²) in [6.07, 6.45) is 1.08. The van der Waals surface area contributed by atoms with Crippen molar-refractivity contribution in [3.05, 3.63) is 100 Å². The summed E-state index contributed by atoms with van der Waals surface area (Å²) in [6.45, 7) is 4.76. The first-order valence-corrected chi connectivity index (χ1v) is 15.0. The number of hydrogen-bond donors (Lipinski definition) is 1. The van der Waals surface area contributed by atoms with Crippen molar-refractivity contribution >= 4 is 33.2 Å². The number of sulfonamides is 1. The lowest BCUT2D eigenvalue weighted by Crippen LogP contribution is -2.56. The molecule has 11 nitrogen and oxygen atoms in total. The predicted molar refractivity (Wildman–Crippen MR) is 161 cm³/mol. The smallest absolute Gasteiger partial charge is 0.271 e. The Morgan fingerprint density at radius 3 is 2.21 bits per heavy atom. The highest BCUT2D eigenvalue weighted by molar-refractivity contribution is 7.92. The van der Waals surface area contributed by atoms with Gasteiger partial charge in [-0.3, -0.25) is 24.0 Å². The predicted octanol–water partition coefficient (Wildman–Crippen LogP) is 3.92. The summed E-state index contributed by atoms with van der Waals surface area (Å²) in [5.74, 6) is -0.531. The van der Waals surface area contributed by atoms with Crippen LogP contribution in [0.15, 0.2) is 78.9 Å². The Morgan fingerprint density at radius 2 is 1.62 bits per heavy atom. The molecule has 0 aliphatic carbocycles. The van der Waals surface area contributed by atoms with E-state index in [1.807, 2.05) is 51.1 Å². The first kappa shape index (κ1) is 32.1. The molecule has 0 saturated heterocycles. The highest BCUT2D eigenvalue weighted by atomic mass is 32.2. The number of ether oxygens (including phenoxy) is 1. The summed E-state index contributed by atoms with van der Waals surface area (Å²) >= 11 is 0. The average molecular weight is 597 g/mol. The molecule has 0 aliphatic rings. The van der Waals surface area contributed by atoms with Gasteiger partial charge < -0.3 is 15.0 Å². The van der Waals surface area contributed by atoms with Crippen molar-refractivity contribution < 1.29 is 27.7 Å². The molecule has 0 aliphatic heterocycles. The zero-order valence-electron chi connectivity index (χ0n) is 24.3. The number of nitrogens with zero attached hydrogens (tertiary/aromatic N) is 3. The molecule has 0 saturated carbocycles. The Kier molecular flexibility index (Phi) is 10.3. The normalized spacial score (nSPS) is 12.2. The third kappa shape index (κ3) is 9.03. The molecule has 0 fully saturated rings. The van der Waals surface area contributed by atoms with E-state index < -0.39 is 44.9 Å². The van der Waals surface area contributed by atoms with Gasteiger partial charge in [0.15, 0.2) is 0 Å². The number of hydrogen-bond acceptors (Lipinski definition) is 7. The van der Waals surface area contributed by atoms with Gasteiger partial charge >= 0.3 is 0 Å². The molecule has 0 unspecified atom stereocenters. The van der Waals surface area contributed by atoms with Gasteiger partial charge in [-0.1, -0.05) is 48.5 Å². The minimum absolute atomic E-state index is 0.0301. The van der Waals surface area contributed by atoms with Crippen LogP contribution in [0.4, 0.5) is 11.4 Å². The summed E-state index contributed by atoms with van der Waals surface area (Å²) in [5.41, 5.74) is 0.478. The fourth-order valence-electron chi connectivity index (χ4n) is 4.35. The molecular weight excluding hydrogens is 560 g/mol. The lowest BCUT2D eigenvalue weighted by molar-refractivity contribution is -0.384. The van der Waals surface area contributed by atoms with Crippen LogP contribution < -0.4 is 14.4 Å². The van der Waals surface area contributed by atoms with E-state index in [1.54, 1.807) is 24.3 Å². The molecule has 2 amide bonds. The highest BCUT2D eigenvalue weighted by Crippen LogP contribution is 2.25. The third-order valence-electron chi connectivity index (χ3n) is 6.26. The molecule has 1 atom stereocenters. The molecule has 1 N–H and O–H groups in total. The number of carbonyl (C=O) groups is 2. The molecule has 3 rings (SSSR count). The molecular formula is C30H36N4O7S. The van der Waals surface area contributed by atoms with Crippen LogP contribution in [0.3, 0.4) is 0 Å². The Bertz CT molecular complexity index is 1520. The van der Waals surface area contributed by atoms with Crippen LogP contribution in [0.2, 0.25) is 0 Å². The van der Waals surface area contributed by atoms with Gasteiger partial charge in [-0.25, -0.2) is 8.42 Å². The second kappa shape index (κ2) is 13.5. The number of anilines is 1. The van der Waals surface area contributed by atoms with Crippen molar-refractivity contribution in [3.8, 4) is 5.75 Å². The summed E-state index contributed by atoms with van der Waals surface area (Å²) < 4.78 is 31.9. The van der Waals surface area contributed by atoms with E-state index in [9.17, 15) is 28.1 Å². The maximum absolute atomic E-state index is 14.1. The summed E-state index contributed by atoms with van der Waals surface area (Å²) in [4.78, 5) is 40.0. The van der Waals surface area contributed by atoms with Gasteiger partial charge in [0.05, 0.1) is 24.0 Å². The Hall–Kier alpha value is -4.45. The number of methoxy groups -OCH3 is 1. The molecule has 3 aromatic rings. The van der Waals surface area contributed by atoms with E-state index in [0.717, 1.165) is 22.2 Å². The summed E-state index contributed by atoms with van der Waals surface area (Å²) in [6, 6.07) is 20.2. The standard InChI is InChI=1S/C30H36N4O7S/c1-30(2,3)31-29(36)27(18-22-11-7-6-8-12-22)32(20-23-13-9-16-26(17-23)41-4)28(35)21-33(42(5,39)40)24-14-10-15-25(19-24)34(37)38/h6-17,19,27H,18,20-21H2,1-5H3,(H,31,36)/t27-/m0/s1. The van der Waals surface area contributed by atoms with Crippen LogP contribution in [0.25, 0.3) is 0 Å². The summed E-state index contributed by atoms with van der Waals surface area (Å²) in [5, 5.41) is 14.3. The van der Waals surface area contributed by atoms with Crippen molar-refractivity contribution in [1.29, 1.82) is 0 Å². The quantitative estimate of drug-likeness (QED) is 0.247. The van der Waals surface area contributed by atoms with Gasteiger partial charge in [0.25, 0.3) is 5.69 Å². The monoisotopic (exact) mass is 596 g/mol. The maximum atomic E-state index is 14.1. The van der Waals surface area contributed by atoms with Gasteiger partial charge in [-0.15, -0.1) is 0 Å². The lowest BCUT2D eigenvalue weighted by atomic mass is 10.0. The molecule has 224 valence electrons. The number of nitrogens with one attached hydrogen (secondary N) is 1. The molecule has 0 aromatic heterocycles.